The highest BCUT2D eigenvalue weighted by atomic mass is 28.3. The van der Waals surface area contributed by atoms with Crippen molar-refractivity contribution in [1.82, 2.24) is 0 Å². The molecule has 2 aliphatic rings. The van der Waals surface area contributed by atoms with Crippen molar-refractivity contribution in [3.05, 3.63) is 39.6 Å². The molecule has 1 heteroatoms. The molecule has 132 valence electrons. The maximum atomic E-state index is 2.64. The molecular formula is C23H36Si. The molecule has 0 unspecified atom stereocenters. The third-order valence-electron chi connectivity index (χ3n) is 6.97. The van der Waals surface area contributed by atoms with E-state index in [2.05, 4.69) is 79.4 Å². The molecule has 0 radical (unpaired) electrons. The van der Waals surface area contributed by atoms with E-state index in [1.807, 2.05) is 0 Å². The normalized spacial score (nSPS) is 23.0. The Hall–Kier alpha value is -0.823. The maximum absolute atomic E-state index is 2.64. The van der Waals surface area contributed by atoms with Gasteiger partial charge in [-0.25, -0.2) is 0 Å². The van der Waals surface area contributed by atoms with Crippen LogP contribution in [0.3, 0.4) is 0 Å². The van der Waals surface area contributed by atoms with Gasteiger partial charge in [-0.2, -0.15) is 0 Å². The van der Waals surface area contributed by atoms with E-state index in [-0.39, 0.29) is 5.41 Å². The van der Waals surface area contributed by atoms with E-state index in [4.69, 9.17) is 0 Å². The maximum Gasteiger partial charge on any atom is 0.0736 e. The van der Waals surface area contributed by atoms with Crippen LogP contribution in [0.15, 0.2) is 17.3 Å². The molecule has 0 heterocycles. The predicted octanol–water partition coefficient (Wildman–Crippen LogP) is 6.92. The number of hydrogen-bond acceptors (Lipinski definition) is 0. The molecule has 1 saturated carbocycles. The lowest BCUT2D eigenvalue weighted by molar-refractivity contribution is -0.0852. The summed E-state index contributed by atoms with van der Waals surface area (Å²) in [5.41, 5.74) is 7.25. The largest absolute Gasteiger partial charge is 0.0736 e. The highest BCUT2D eigenvalue weighted by molar-refractivity contribution is 6.84. The van der Waals surface area contributed by atoms with Crippen LogP contribution in [-0.4, -0.2) is 8.07 Å². The van der Waals surface area contributed by atoms with E-state index in [1.54, 1.807) is 27.5 Å². The van der Waals surface area contributed by atoms with Gasteiger partial charge in [0.05, 0.1) is 8.07 Å². The summed E-state index contributed by atoms with van der Waals surface area (Å²) in [7, 11) is -1.40. The zero-order valence-corrected chi connectivity index (χ0v) is 18.4. The van der Waals surface area contributed by atoms with Crippen molar-refractivity contribution >= 4 is 14.1 Å². The molecule has 0 aliphatic heterocycles. The smallest absolute Gasteiger partial charge is 0.0691 e. The van der Waals surface area contributed by atoms with Gasteiger partial charge in [0.2, 0.25) is 0 Å². The molecule has 0 amide bonds. The zero-order valence-electron chi connectivity index (χ0n) is 17.4. The van der Waals surface area contributed by atoms with E-state index in [0.29, 0.717) is 10.8 Å². The van der Waals surface area contributed by atoms with Crippen molar-refractivity contribution in [3.63, 3.8) is 0 Å². The van der Waals surface area contributed by atoms with Crippen LogP contribution >= 0.6 is 0 Å². The molecule has 0 aromatic heterocycles. The molecule has 1 aromatic rings. The van der Waals surface area contributed by atoms with Crippen LogP contribution in [-0.2, 0) is 11.8 Å². The van der Waals surface area contributed by atoms with Crippen molar-refractivity contribution < 1.29 is 0 Å². The Morgan fingerprint density at radius 1 is 1.00 bits per heavy atom. The summed E-state index contributed by atoms with van der Waals surface area (Å²) >= 11 is 0. The Morgan fingerprint density at radius 3 is 2.04 bits per heavy atom. The second-order valence-electron chi connectivity index (χ2n) is 10.6. The molecule has 2 aliphatic carbocycles. The monoisotopic (exact) mass is 340 g/mol. The van der Waals surface area contributed by atoms with E-state index in [1.165, 1.54) is 19.3 Å². The molecule has 3 rings (SSSR count). The number of hydrogen-bond donors (Lipinski definition) is 0. The standard InChI is InChI=1S/C23H36Si/c1-10-11-17-12-13-19-18(16(17)2)14-20(24(7,8)9)23(19)21(3,4)15-22(23,5)6/h12-14H,10-11,15H2,1-9H3. The fourth-order valence-electron chi connectivity index (χ4n) is 6.64. The molecule has 24 heavy (non-hydrogen) atoms. The van der Waals surface area contributed by atoms with Crippen LogP contribution in [0.2, 0.25) is 19.6 Å². The first-order valence-electron chi connectivity index (χ1n) is 9.76. The Labute approximate surface area is 150 Å². The van der Waals surface area contributed by atoms with Gasteiger partial charge in [0.15, 0.2) is 0 Å². The molecule has 0 nitrogen and oxygen atoms in total. The van der Waals surface area contributed by atoms with E-state index in [0.717, 1.165) is 0 Å². The zero-order chi connectivity index (χ0) is 18.1. The van der Waals surface area contributed by atoms with Crippen molar-refractivity contribution in [2.24, 2.45) is 10.8 Å². The Balaban J connectivity index is 2.33. The third-order valence-corrected chi connectivity index (χ3v) is 9.10. The second-order valence-corrected chi connectivity index (χ2v) is 15.6. The summed E-state index contributed by atoms with van der Waals surface area (Å²) in [4.78, 5) is 0. The first-order valence-corrected chi connectivity index (χ1v) is 13.3. The van der Waals surface area contributed by atoms with Crippen LogP contribution in [0.4, 0.5) is 0 Å². The minimum atomic E-state index is -1.40. The van der Waals surface area contributed by atoms with Gasteiger partial charge >= 0.3 is 0 Å². The lowest BCUT2D eigenvalue weighted by Crippen LogP contribution is -2.66. The molecule has 0 atom stereocenters. The van der Waals surface area contributed by atoms with E-state index >= 15 is 0 Å². The van der Waals surface area contributed by atoms with Crippen LogP contribution in [0.5, 0.6) is 0 Å². The number of aryl methyl sites for hydroxylation is 1. The summed E-state index contributed by atoms with van der Waals surface area (Å²) < 4.78 is 0. The lowest BCUT2D eigenvalue weighted by Gasteiger charge is -2.69. The number of fused-ring (bicyclic) bond motifs is 2. The number of allylic oxidation sites excluding steroid dienone is 1. The van der Waals surface area contributed by atoms with Gasteiger partial charge in [-0.1, -0.05) is 84.1 Å². The summed E-state index contributed by atoms with van der Waals surface area (Å²) in [6, 6.07) is 4.94. The van der Waals surface area contributed by atoms with Gasteiger partial charge in [0.1, 0.15) is 0 Å². The highest BCUT2D eigenvalue weighted by Gasteiger charge is 2.70. The van der Waals surface area contributed by atoms with Gasteiger partial charge in [-0.05, 0) is 52.8 Å². The third kappa shape index (κ3) is 2.03. The fraction of sp³-hybridized carbons (Fsp3) is 0.652. The van der Waals surface area contributed by atoms with Gasteiger partial charge in [0.25, 0.3) is 0 Å². The summed E-state index contributed by atoms with van der Waals surface area (Å²) in [6.07, 6.45) is 6.39. The van der Waals surface area contributed by atoms with Crippen molar-refractivity contribution in [1.29, 1.82) is 0 Å². The quantitative estimate of drug-likeness (QED) is 0.524. The first kappa shape index (κ1) is 18.0. The Bertz CT molecular complexity index is 696. The van der Waals surface area contributed by atoms with Crippen LogP contribution in [0, 0.1) is 17.8 Å². The molecule has 0 bridgehead atoms. The molecule has 1 spiro atoms. The summed E-state index contributed by atoms with van der Waals surface area (Å²) in [5, 5.41) is 1.79. The average molecular weight is 341 g/mol. The van der Waals surface area contributed by atoms with Gasteiger partial charge < -0.3 is 0 Å². The van der Waals surface area contributed by atoms with Crippen LogP contribution < -0.4 is 0 Å². The van der Waals surface area contributed by atoms with Crippen LogP contribution in [0.25, 0.3) is 6.08 Å². The molecule has 1 fully saturated rings. The predicted molar refractivity (Wildman–Crippen MR) is 110 cm³/mol. The van der Waals surface area contributed by atoms with Gasteiger partial charge in [-0.15, -0.1) is 0 Å². The van der Waals surface area contributed by atoms with Gasteiger partial charge in [0, 0.05) is 5.41 Å². The van der Waals surface area contributed by atoms with E-state index < -0.39 is 8.07 Å². The molecule has 0 N–H and O–H groups in total. The van der Waals surface area contributed by atoms with Gasteiger partial charge in [-0.3, -0.25) is 0 Å². The fourth-order valence-corrected chi connectivity index (χ4v) is 9.15. The number of rotatable bonds is 3. The Kier molecular flexibility index (Phi) is 3.82. The van der Waals surface area contributed by atoms with Crippen LogP contribution in [0.1, 0.15) is 69.7 Å². The minimum absolute atomic E-state index is 0.245. The average Bonchev–Trinajstić information content (AvgIpc) is 2.80. The molecule has 0 saturated heterocycles. The van der Waals surface area contributed by atoms with Crippen molar-refractivity contribution in [3.8, 4) is 0 Å². The Morgan fingerprint density at radius 2 is 1.58 bits per heavy atom. The summed E-state index contributed by atoms with van der Waals surface area (Å²) in [6.45, 7) is 22.3. The van der Waals surface area contributed by atoms with Crippen molar-refractivity contribution in [2.75, 3.05) is 0 Å². The SMILES string of the molecule is CCCc1ccc2c(c1C)C=C([Si](C)(C)C)C21C(C)(C)CC1(C)C. The topological polar surface area (TPSA) is 0 Å². The van der Waals surface area contributed by atoms with E-state index in [9.17, 15) is 0 Å². The first-order chi connectivity index (χ1) is 10.9. The minimum Gasteiger partial charge on any atom is -0.0691 e. The van der Waals surface area contributed by atoms with Crippen molar-refractivity contribution in [2.45, 2.75) is 85.9 Å². The highest BCUT2D eigenvalue weighted by Crippen LogP contribution is 2.74. The second kappa shape index (κ2) is 5.10. The molecule has 1 aromatic carbocycles. The lowest BCUT2D eigenvalue weighted by atomic mass is 9.37. The number of benzene rings is 1. The molecular weight excluding hydrogens is 304 g/mol. The summed E-state index contributed by atoms with van der Waals surface area (Å²) in [5.74, 6) is 0.